The molecule has 8 heteroatoms. The molecule has 0 aromatic heterocycles. The molecule has 0 bridgehead atoms. The lowest BCUT2D eigenvalue weighted by atomic mass is 10.1. The molecule has 26 heavy (non-hydrogen) atoms. The van der Waals surface area contributed by atoms with Gasteiger partial charge in [-0.2, -0.15) is 0 Å². The number of amides is 3. The van der Waals surface area contributed by atoms with E-state index in [2.05, 4.69) is 10.9 Å². The maximum absolute atomic E-state index is 12.9. The lowest BCUT2D eigenvalue weighted by molar-refractivity contribution is -0.117. The standard InChI is InChI=1S/C18H15ClFN3O3/c19-12-5-8-14(15(10-12)23-9-1-2-16(23)24)18(26)22-21-17(25)11-3-6-13(20)7-4-11/h3-8,10H,1-2,9H2,(H,21,25)(H,22,26). The highest BCUT2D eigenvalue weighted by molar-refractivity contribution is 6.31. The number of benzene rings is 2. The third-order valence-corrected chi connectivity index (χ3v) is 4.20. The number of nitrogens with zero attached hydrogens (tertiary/aromatic N) is 1. The number of carbonyl (C=O) groups excluding carboxylic acids is 3. The fourth-order valence-electron chi connectivity index (χ4n) is 2.68. The Labute approximate surface area is 153 Å². The van der Waals surface area contributed by atoms with Gasteiger partial charge in [0, 0.05) is 23.6 Å². The number of nitrogens with one attached hydrogen (secondary N) is 2. The van der Waals surface area contributed by atoms with Crippen LogP contribution in [0, 0.1) is 5.82 Å². The summed E-state index contributed by atoms with van der Waals surface area (Å²) in [5, 5.41) is 0.395. The molecule has 1 heterocycles. The molecule has 0 atom stereocenters. The molecular formula is C18H15ClFN3O3. The van der Waals surface area contributed by atoms with Gasteiger partial charge in [-0.15, -0.1) is 0 Å². The Kier molecular flexibility index (Phi) is 5.18. The molecule has 0 spiro atoms. The first-order valence-electron chi connectivity index (χ1n) is 7.92. The molecule has 2 aromatic rings. The fraction of sp³-hybridized carbons (Fsp3) is 0.167. The second-order valence-electron chi connectivity index (χ2n) is 5.73. The smallest absolute Gasteiger partial charge is 0.271 e. The Balaban J connectivity index is 1.74. The van der Waals surface area contributed by atoms with Crippen LogP contribution in [0.1, 0.15) is 33.6 Å². The lowest BCUT2D eigenvalue weighted by Crippen LogP contribution is -2.42. The van der Waals surface area contributed by atoms with E-state index in [0.29, 0.717) is 30.1 Å². The fourth-order valence-corrected chi connectivity index (χ4v) is 2.84. The van der Waals surface area contributed by atoms with E-state index in [9.17, 15) is 18.8 Å². The second-order valence-corrected chi connectivity index (χ2v) is 6.16. The van der Waals surface area contributed by atoms with Gasteiger partial charge in [0.05, 0.1) is 11.3 Å². The van der Waals surface area contributed by atoms with Crippen LogP contribution < -0.4 is 15.8 Å². The van der Waals surface area contributed by atoms with Crippen LogP contribution in [-0.2, 0) is 4.79 Å². The molecule has 1 fully saturated rings. The minimum atomic E-state index is -0.592. The summed E-state index contributed by atoms with van der Waals surface area (Å²) in [4.78, 5) is 38.0. The number of hydrogen-bond donors (Lipinski definition) is 2. The van der Waals surface area contributed by atoms with Gasteiger partial charge in [0.2, 0.25) is 5.91 Å². The summed E-state index contributed by atoms with van der Waals surface area (Å²) in [6, 6.07) is 9.45. The van der Waals surface area contributed by atoms with Gasteiger partial charge in [-0.05, 0) is 48.9 Å². The molecule has 1 aliphatic heterocycles. The van der Waals surface area contributed by atoms with E-state index >= 15 is 0 Å². The lowest BCUT2D eigenvalue weighted by Gasteiger charge is -2.20. The summed E-state index contributed by atoms with van der Waals surface area (Å²) in [7, 11) is 0. The molecule has 0 radical (unpaired) electrons. The summed E-state index contributed by atoms with van der Waals surface area (Å²) >= 11 is 6.00. The second kappa shape index (κ2) is 7.53. The number of hydrazine groups is 1. The van der Waals surface area contributed by atoms with Gasteiger partial charge in [0.15, 0.2) is 0 Å². The molecule has 6 nitrogen and oxygen atoms in total. The molecule has 2 aromatic carbocycles. The van der Waals surface area contributed by atoms with Crippen LogP contribution in [-0.4, -0.2) is 24.3 Å². The highest BCUT2D eigenvalue weighted by Gasteiger charge is 2.26. The first kappa shape index (κ1) is 17.9. The van der Waals surface area contributed by atoms with Crippen molar-refractivity contribution in [2.45, 2.75) is 12.8 Å². The Hall–Kier alpha value is -2.93. The quantitative estimate of drug-likeness (QED) is 0.809. The van der Waals surface area contributed by atoms with E-state index in [1.165, 1.54) is 29.2 Å². The SMILES string of the molecule is O=C(NNC(=O)c1ccc(Cl)cc1N1CCCC1=O)c1ccc(F)cc1. The molecule has 0 unspecified atom stereocenters. The average molecular weight is 376 g/mol. The Morgan fingerprint density at radius 1 is 1.04 bits per heavy atom. The highest BCUT2D eigenvalue weighted by Crippen LogP contribution is 2.28. The zero-order valence-corrected chi connectivity index (χ0v) is 14.3. The average Bonchev–Trinajstić information content (AvgIpc) is 3.05. The maximum atomic E-state index is 12.9. The monoisotopic (exact) mass is 375 g/mol. The molecule has 134 valence electrons. The summed E-state index contributed by atoms with van der Waals surface area (Å²) in [5.74, 6) is -1.73. The third-order valence-electron chi connectivity index (χ3n) is 3.96. The molecule has 0 aliphatic carbocycles. The van der Waals surface area contributed by atoms with Crippen LogP contribution in [0.25, 0.3) is 0 Å². The third kappa shape index (κ3) is 3.83. The molecular weight excluding hydrogens is 361 g/mol. The summed E-state index contributed by atoms with van der Waals surface area (Å²) in [5.41, 5.74) is 5.36. The summed E-state index contributed by atoms with van der Waals surface area (Å²) < 4.78 is 12.9. The predicted octanol–water partition coefficient (Wildman–Crippen LogP) is 2.68. The first-order valence-corrected chi connectivity index (χ1v) is 8.29. The van der Waals surface area contributed by atoms with E-state index in [4.69, 9.17) is 11.6 Å². The van der Waals surface area contributed by atoms with Crippen LogP contribution in [0.3, 0.4) is 0 Å². The predicted molar refractivity (Wildman–Crippen MR) is 94.4 cm³/mol. The number of carbonyl (C=O) groups is 3. The molecule has 3 rings (SSSR count). The van der Waals surface area contributed by atoms with Crippen LogP contribution in [0.5, 0.6) is 0 Å². The van der Waals surface area contributed by atoms with Gasteiger partial charge in [-0.3, -0.25) is 25.2 Å². The topological polar surface area (TPSA) is 78.5 Å². The van der Waals surface area contributed by atoms with Crippen molar-refractivity contribution in [3.8, 4) is 0 Å². The Morgan fingerprint density at radius 2 is 1.73 bits per heavy atom. The normalized spacial score (nSPS) is 13.6. The van der Waals surface area contributed by atoms with Crippen LogP contribution in [0.15, 0.2) is 42.5 Å². The highest BCUT2D eigenvalue weighted by atomic mass is 35.5. The van der Waals surface area contributed by atoms with Gasteiger partial charge in [-0.1, -0.05) is 11.6 Å². The number of anilines is 1. The van der Waals surface area contributed by atoms with Crippen molar-refractivity contribution in [3.05, 3.63) is 64.4 Å². The van der Waals surface area contributed by atoms with Crippen LogP contribution >= 0.6 is 11.6 Å². The number of halogens is 2. The van der Waals surface area contributed by atoms with Gasteiger partial charge in [0.25, 0.3) is 11.8 Å². The van der Waals surface area contributed by atoms with E-state index < -0.39 is 17.6 Å². The number of rotatable bonds is 3. The van der Waals surface area contributed by atoms with E-state index in [-0.39, 0.29) is 17.0 Å². The van der Waals surface area contributed by atoms with Crippen molar-refractivity contribution in [1.29, 1.82) is 0 Å². The first-order chi connectivity index (χ1) is 12.5. The van der Waals surface area contributed by atoms with Gasteiger partial charge in [-0.25, -0.2) is 4.39 Å². The van der Waals surface area contributed by atoms with Crippen molar-refractivity contribution in [1.82, 2.24) is 10.9 Å². The molecule has 2 N–H and O–H groups in total. The molecule has 1 aliphatic rings. The van der Waals surface area contributed by atoms with Crippen molar-refractivity contribution < 1.29 is 18.8 Å². The molecule has 3 amide bonds. The number of hydrogen-bond acceptors (Lipinski definition) is 3. The van der Waals surface area contributed by atoms with Gasteiger partial charge < -0.3 is 4.90 Å². The largest absolute Gasteiger partial charge is 0.312 e. The van der Waals surface area contributed by atoms with E-state index in [1.807, 2.05) is 0 Å². The Bertz CT molecular complexity index is 870. The van der Waals surface area contributed by atoms with Crippen molar-refractivity contribution in [2.75, 3.05) is 11.4 Å². The molecule has 1 saturated heterocycles. The zero-order chi connectivity index (χ0) is 18.7. The van der Waals surface area contributed by atoms with E-state index in [0.717, 1.165) is 12.1 Å². The van der Waals surface area contributed by atoms with Crippen LogP contribution in [0.4, 0.5) is 10.1 Å². The Morgan fingerprint density at radius 3 is 2.38 bits per heavy atom. The minimum Gasteiger partial charge on any atom is -0.312 e. The van der Waals surface area contributed by atoms with Gasteiger partial charge in [0.1, 0.15) is 5.82 Å². The van der Waals surface area contributed by atoms with E-state index in [1.54, 1.807) is 6.07 Å². The zero-order valence-electron chi connectivity index (χ0n) is 13.6. The summed E-state index contributed by atoms with van der Waals surface area (Å²) in [6.45, 7) is 0.501. The summed E-state index contributed by atoms with van der Waals surface area (Å²) in [6.07, 6.45) is 1.11. The van der Waals surface area contributed by atoms with Gasteiger partial charge >= 0.3 is 0 Å². The van der Waals surface area contributed by atoms with Crippen LogP contribution in [0.2, 0.25) is 5.02 Å². The van der Waals surface area contributed by atoms with Crippen molar-refractivity contribution >= 4 is 35.0 Å². The maximum Gasteiger partial charge on any atom is 0.271 e. The van der Waals surface area contributed by atoms with Crippen molar-refractivity contribution in [3.63, 3.8) is 0 Å². The molecule has 0 saturated carbocycles. The minimum absolute atomic E-state index is 0.0864. The van der Waals surface area contributed by atoms with Crippen molar-refractivity contribution in [2.24, 2.45) is 0 Å².